The van der Waals surface area contributed by atoms with Gasteiger partial charge in [-0.15, -0.1) is 0 Å². The monoisotopic (exact) mass is 335 g/mol. The first-order valence-electron chi connectivity index (χ1n) is 6.37. The van der Waals surface area contributed by atoms with Crippen LogP contribution >= 0.6 is 11.6 Å². The zero-order valence-corrected chi connectivity index (χ0v) is 13.5. The number of benzene rings is 1. The average Bonchev–Trinajstić information content (AvgIpc) is 2.47. The SMILES string of the molecule is CCS(=O)(=O)NCCCOc1ccc(Cl)cc1C(=O)OC. The minimum absolute atomic E-state index is 0.0392. The predicted octanol–water partition coefficient (Wildman–Crippen LogP) is 1.83. The molecule has 0 unspecified atom stereocenters. The van der Waals surface area contributed by atoms with Crippen LogP contribution in [0, 0.1) is 0 Å². The van der Waals surface area contributed by atoms with Crippen LogP contribution in [-0.4, -0.2) is 40.4 Å². The quantitative estimate of drug-likeness (QED) is 0.579. The Hall–Kier alpha value is -1.31. The first kappa shape index (κ1) is 17.7. The van der Waals surface area contributed by atoms with E-state index in [9.17, 15) is 13.2 Å². The number of esters is 1. The topological polar surface area (TPSA) is 81.7 Å². The number of hydrogen-bond donors (Lipinski definition) is 1. The average molecular weight is 336 g/mol. The molecule has 1 rings (SSSR count). The van der Waals surface area contributed by atoms with E-state index in [-0.39, 0.29) is 24.5 Å². The largest absolute Gasteiger partial charge is 0.493 e. The maximum Gasteiger partial charge on any atom is 0.341 e. The molecule has 0 radical (unpaired) electrons. The van der Waals surface area contributed by atoms with Crippen LogP contribution in [0.4, 0.5) is 0 Å². The summed E-state index contributed by atoms with van der Waals surface area (Å²) in [6.07, 6.45) is 0.475. The summed E-state index contributed by atoms with van der Waals surface area (Å²) < 4.78 is 35.0. The van der Waals surface area contributed by atoms with Crippen LogP contribution < -0.4 is 9.46 Å². The summed E-state index contributed by atoms with van der Waals surface area (Å²) in [7, 11) is -1.92. The molecule has 1 aromatic rings. The van der Waals surface area contributed by atoms with Crippen molar-refractivity contribution in [3.63, 3.8) is 0 Å². The molecule has 0 aromatic heterocycles. The van der Waals surface area contributed by atoms with Gasteiger partial charge in [0.05, 0.1) is 19.5 Å². The molecule has 0 aliphatic carbocycles. The molecule has 0 saturated carbocycles. The minimum Gasteiger partial charge on any atom is -0.493 e. The van der Waals surface area contributed by atoms with Gasteiger partial charge in [-0.1, -0.05) is 11.6 Å². The molecule has 118 valence electrons. The molecule has 0 aliphatic rings. The molecule has 0 fully saturated rings. The highest BCUT2D eigenvalue weighted by molar-refractivity contribution is 7.89. The van der Waals surface area contributed by atoms with E-state index >= 15 is 0 Å². The number of nitrogens with one attached hydrogen (secondary N) is 1. The van der Waals surface area contributed by atoms with E-state index in [0.717, 1.165) is 0 Å². The Morgan fingerprint density at radius 1 is 1.38 bits per heavy atom. The van der Waals surface area contributed by atoms with Crippen LogP contribution in [0.2, 0.25) is 5.02 Å². The highest BCUT2D eigenvalue weighted by Gasteiger charge is 2.13. The smallest absolute Gasteiger partial charge is 0.341 e. The van der Waals surface area contributed by atoms with Gasteiger partial charge >= 0.3 is 5.97 Å². The normalized spacial score (nSPS) is 11.2. The molecule has 0 spiro atoms. The van der Waals surface area contributed by atoms with E-state index < -0.39 is 16.0 Å². The predicted molar refractivity (Wildman–Crippen MR) is 80.4 cm³/mol. The maximum atomic E-state index is 11.6. The van der Waals surface area contributed by atoms with Gasteiger partial charge < -0.3 is 9.47 Å². The lowest BCUT2D eigenvalue weighted by Crippen LogP contribution is -2.27. The Morgan fingerprint density at radius 3 is 2.71 bits per heavy atom. The van der Waals surface area contributed by atoms with Gasteiger partial charge in [-0.3, -0.25) is 0 Å². The number of methoxy groups -OCH3 is 1. The highest BCUT2D eigenvalue weighted by Crippen LogP contribution is 2.23. The van der Waals surface area contributed by atoms with Crippen molar-refractivity contribution in [3.8, 4) is 5.75 Å². The Kier molecular flexibility index (Phi) is 6.94. The summed E-state index contributed by atoms with van der Waals surface area (Å²) in [5.41, 5.74) is 0.235. The molecule has 6 nitrogen and oxygen atoms in total. The molecule has 0 bridgehead atoms. The molecular weight excluding hydrogens is 318 g/mol. The fourth-order valence-electron chi connectivity index (χ4n) is 1.48. The van der Waals surface area contributed by atoms with Crippen molar-refractivity contribution >= 4 is 27.6 Å². The number of rotatable bonds is 8. The number of carbonyl (C=O) groups excluding carboxylic acids is 1. The van der Waals surface area contributed by atoms with Gasteiger partial charge in [-0.05, 0) is 31.5 Å². The van der Waals surface area contributed by atoms with Gasteiger partial charge in [-0.25, -0.2) is 17.9 Å². The molecule has 0 aliphatic heterocycles. The van der Waals surface area contributed by atoms with Gasteiger partial charge in [0, 0.05) is 11.6 Å². The van der Waals surface area contributed by atoms with E-state index in [4.69, 9.17) is 16.3 Å². The number of hydrogen-bond acceptors (Lipinski definition) is 5. The van der Waals surface area contributed by atoms with Crippen LogP contribution in [0.3, 0.4) is 0 Å². The molecule has 21 heavy (non-hydrogen) atoms. The molecule has 0 atom stereocenters. The van der Waals surface area contributed by atoms with Crippen molar-refractivity contribution in [2.24, 2.45) is 0 Å². The lowest BCUT2D eigenvalue weighted by Gasteiger charge is -2.11. The van der Waals surface area contributed by atoms with Crippen LogP contribution in [0.25, 0.3) is 0 Å². The number of sulfonamides is 1. The van der Waals surface area contributed by atoms with Crippen LogP contribution in [0.1, 0.15) is 23.7 Å². The van der Waals surface area contributed by atoms with Crippen LogP contribution in [-0.2, 0) is 14.8 Å². The minimum atomic E-state index is -3.19. The van der Waals surface area contributed by atoms with Gasteiger partial charge in [0.15, 0.2) is 0 Å². The molecule has 1 aromatic carbocycles. The van der Waals surface area contributed by atoms with E-state index in [1.54, 1.807) is 19.1 Å². The Balaban J connectivity index is 2.54. The zero-order chi connectivity index (χ0) is 15.9. The van der Waals surface area contributed by atoms with Crippen molar-refractivity contribution in [3.05, 3.63) is 28.8 Å². The van der Waals surface area contributed by atoms with Crippen molar-refractivity contribution in [1.29, 1.82) is 0 Å². The van der Waals surface area contributed by atoms with Crippen LogP contribution in [0.5, 0.6) is 5.75 Å². The number of carbonyl (C=O) groups is 1. The lowest BCUT2D eigenvalue weighted by molar-refractivity contribution is 0.0596. The Bertz CT molecular complexity index is 588. The summed E-state index contributed by atoms with van der Waals surface area (Å²) in [6.45, 7) is 2.10. The fourth-order valence-corrected chi connectivity index (χ4v) is 2.31. The zero-order valence-electron chi connectivity index (χ0n) is 11.9. The van der Waals surface area contributed by atoms with Gasteiger partial charge in [-0.2, -0.15) is 0 Å². The molecule has 0 amide bonds. The van der Waals surface area contributed by atoms with E-state index in [2.05, 4.69) is 9.46 Å². The summed E-state index contributed by atoms with van der Waals surface area (Å²) in [5.74, 6) is -0.152. The van der Waals surface area contributed by atoms with Gasteiger partial charge in [0.2, 0.25) is 10.0 Å². The Labute approximate surface area is 129 Å². The maximum absolute atomic E-state index is 11.6. The summed E-state index contributed by atoms with van der Waals surface area (Å²) in [6, 6.07) is 4.64. The molecular formula is C13H18ClNO5S. The number of halogens is 1. The number of ether oxygens (including phenoxy) is 2. The third-order valence-corrected chi connectivity index (χ3v) is 4.27. The standard InChI is InChI=1S/C13H18ClNO5S/c1-3-21(17,18)15-7-4-8-20-12-6-5-10(14)9-11(12)13(16)19-2/h5-6,9,15H,3-4,7-8H2,1-2H3. The van der Waals surface area contributed by atoms with Gasteiger partial charge in [0.1, 0.15) is 11.3 Å². The summed E-state index contributed by atoms with van der Waals surface area (Å²) in [5, 5.41) is 0.401. The third kappa shape index (κ3) is 5.91. The molecule has 8 heteroatoms. The second-order valence-corrected chi connectivity index (χ2v) is 6.66. The fraction of sp³-hybridized carbons (Fsp3) is 0.462. The van der Waals surface area contributed by atoms with Crippen molar-refractivity contribution < 1.29 is 22.7 Å². The second-order valence-electron chi connectivity index (χ2n) is 4.13. The van der Waals surface area contributed by atoms with Gasteiger partial charge in [0.25, 0.3) is 0 Å². The highest BCUT2D eigenvalue weighted by atomic mass is 35.5. The van der Waals surface area contributed by atoms with Crippen molar-refractivity contribution in [2.75, 3.05) is 26.0 Å². The summed E-state index contributed by atoms with van der Waals surface area (Å²) in [4.78, 5) is 11.6. The van der Waals surface area contributed by atoms with E-state index in [1.807, 2.05) is 0 Å². The molecule has 0 saturated heterocycles. The van der Waals surface area contributed by atoms with E-state index in [0.29, 0.717) is 17.2 Å². The van der Waals surface area contributed by atoms with E-state index in [1.165, 1.54) is 13.2 Å². The third-order valence-electron chi connectivity index (χ3n) is 2.63. The summed E-state index contributed by atoms with van der Waals surface area (Å²) >= 11 is 5.83. The second kappa shape index (κ2) is 8.21. The molecule has 0 heterocycles. The molecule has 1 N–H and O–H groups in total. The first-order valence-corrected chi connectivity index (χ1v) is 8.40. The van der Waals surface area contributed by atoms with Crippen LogP contribution in [0.15, 0.2) is 18.2 Å². The van der Waals surface area contributed by atoms with Crippen molar-refractivity contribution in [1.82, 2.24) is 4.72 Å². The first-order chi connectivity index (χ1) is 9.89. The lowest BCUT2D eigenvalue weighted by atomic mass is 10.2. The Morgan fingerprint density at radius 2 is 2.10 bits per heavy atom. The van der Waals surface area contributed by atoms with Crippen molar-refractivity contribution in [2.45, 2.75) is 13.3 Å².